The zero-order chi connectivity index (χ0) is 13.0. The SMILES string of the molecule is COc1ccc(C#Cc2ccc(C)cc2)c(N)c1. The van der Waals surface area contributed by atoms with E-state index in [-0.39, 0.29) is 0 Å². The Morgan fingerprint density at radius 1 is 1.00 bits per heavy atom. The van der Waals surface area contributed by atoms with E-state index in [9.17, 15) is 0 Å². The van der Waals surface area contributed by atoms with Gasteiger partial charge in [-0.3, -0.25) is 0 Å². The van der Waals surface area contributed by atoms with Crippen LogP contribution in [0.15, 0.2) is 42.5 Å². The minimum atomic E-state index is 0.633. The van der Waals surface area contributed by atoms with Crippen LogP contribution in [0.25, 0.3) is 0 Å². The van der Waals surface area contributed by atoms with Gasteiger partial charge >= 0.3 is 0 Å². The zero-order valence-corrected chi connectivity index (χ0v) is 10.5. The largest absolute Gasteiger partial charge is 0.497 e. The lowest BCUT2D eigenvalue weighted by Gasteiger charge is -2.02. The first-order valence-corrected chi connectivity index (χ1v) is 5.71. The summed E-state index contributed by atoms with van der Waals surface area (Å²) < 4.78 is 5.10. The van der Waals surface area contributed by atoms with Gasteiger partial charge in [0.25, 0.3) is 0 Å². The van der Waals surface area contributed by atoms with Gasteiger partial charge in [-0.25, -0.2) is 0 Å². The van der Waals surface area contributed by atoms with Gasteiger partial charge in [-0.1, -0.05) is 29.5 Å². The van der Waals surface area contributed by atoms with Gasteiger partial charge in [0, 0.05) is 17.2 Å². The molecule has 2 rings (SSSR count). The summed E-state index contributed by atoms with van der Waals surface area (Å²) in [5.41, 5.74) is 9.56. The van der Waals surface area contributed by atoms with Gasteiger partial charge in [0.2, 0.25) is 0 Å². The highest BCUT2D eigenvalue weighted by molar-refractivity contribution is 5.60. The van der Waals surface area contributed by atoms with Crippen LogP contribution in [0.5, 0.6) is 5.75 Å². The molecule has 0 radical (unpaired) electrons. The molecule has 0 bridgehead atoms. The van der Waals surface area contributed by atoms with E-state index in [1.807, 2.05) is 36.4 Å². The summed E-state index contributed by atoms with van der Waals surface area (Å²) >= 11 is 0. The van der Waals surface area contributed by atoms with Crippen molar-refractivity contribution in [3.8, 4) is 17.6 Å². The fourth-order valence-corrected chi connectivity index (χ4v) is 1.56. The summed E-state index contributed by atoms with van der Waals surface area (Å²) in [5, 5.41) is 0. The van der Waals surface area contributed by atoms with Gasteiger partial charge in [-0.2, -0.15) is 0 Å². The molecular weight excluding hydrogens is 222 g/mol. The first kappa shape index (κ1) is 12.1. The molecule has 0 saturated carbocycles. The van der Waals surface area contributed by atoms with Crippen molar-refractivity contribution in [1.82, 2.24) is 0 Å². The lowest BCUT2D eigenvalue weighted by atomic mass is 10.1. The Balaban J connectivity index is 2.27. The smallest absolute Gasteiger partial charge is 0.121 e. The van der Waals surface area contributed by atoms with E-state index >= 15 is 0 Å². The first-order valence-electron chi connectivity index (χ1n) is 5.71. The van der Waals surface area contributed by atoms with Gasteiger partial charge in [0.05, 0.1) is 12.8 Å². The molecule has 18 heavy (non-hydrogen) atoms. The van der Waals surface area contributed by atoms with Crippen LogP contribution >= 0.6 is 0 Å². The monoisotopic (exact) mass is 237 g/mol. The van der Waals surface area contributed by atoms with E-state index in [2.05, 4.69) is 18.8 Å². The standard InChI is InChI=1S/C16H15NO/c1-12-3-5-13(6-4-12)7-8-14-9-10-15(18-2)11-16(14)17/h3-6,9-11H,17H2,1-2H3. The highest BCUT2D eigenvalue weighted by atomic mass is 16.5. The maximum Gasteiger partial charge on any atom is 0.121 e. The number of aryl methyl sites for hydroxylation is 1. The van der Waals surface area contributed by atoms with E-state index in [0.29, 0.717) is 5.69 Å². The van der Waals surface area contributed by atoms with Crippen molar-refractivity contribution in [2.45, 2.75) is 6.92 Å². The average Bonchev–Trinajstić information content (AvgIpc) is 2.39. The van der Waals surface area contributed by atoms with Crippen LogP contribution in [0.3, 0.4) is 0 Å². The molecule has 0 fully saturated rings. The first-order chi connectivity index (χ1) is 8.69. The Morgan fingerprint density at radius 3 is 2.33 bits per heavy atom. The minimum absolute atomic E-state index is 0.633. The number of nitrogen functional groups attached to an aromatic ring is 1. The van der Waals surface area contributed by atoms with Crippen molar-refractivity contribution in [2.24, 2.45) is 0 Å². The summed E-state index contributed by atoms with van der Waals surface area (Å²) in [7, 11) is 1.62. The maximum absolute atomic E-state index is 5.90. The third-order valence-corrected chi connectivity index (χ3v) is 2.65. The number of nitrogens with two attached hydrogens (primary N) is 1. The molecule has 0 amide bonds. The second-order valence-corrected chi connectivity index (χ2v) is 4.07. The number of benzene rings is 2. The molecule has 0 heterocycles. The second kappa shape index (κ2) is 5.29. The molecule has 2 heteroatoms. The normalized spacial score (nSPS) is 9.44. The Hall–Kier alpha value is -2.40. The molecular formula is C16H15NO. The number of hydrogen-bond donors (Lipinski definition) is 1. The van der Waals surface area contributed by atoms with Crippen LogP contribution in [0, 0.1) is 18.8 Å². The van der Waals surface area contributed by atoms with Gasteiger partial charge in [-0.15, -0.1) is 0 Å². The molecule has 0 aromatic heterocycles. The van der Waals surface area contributed by atoms with Crippen molar-refractivity contribution >= 4 is 5.69 Å². The van der Waals surface area contributed by atoms with E-state index in [4.69, 9.17) is 10.5 Å². The molecule has 0 aliphatic rings. The van der Waals surface area contributed by atoms with Crippen molar-refractivity contribution in [3.63, 3.8) is 0 Å². The lowest BCUT2D eigenvalue weighted by molar-refractivity contribution is 0.415. The summed E-state index contributed by atoms with van der Waals surface area (Å²) in [5.74, 6) is 6.91. The molecule has 0 atom stereocenters. The molecule has 0 saturated heterocycles. The van der Waals surface area contributed by atoms with Gasteiger partial charge < -0.3 is 10.5 Å². The number of ether oxygens (including phenoxy) is 1. The molecule has 90 valence electrons. The van der Waals surface area contributed by atoms with Crippen molar-refractivity contribution < 1.29 is 4.74 Å². The lowest BCUT2D eigenvalue weighted by Crippen LogP contribution is -1.92. The number of anilines is 1. The Kier molecular flexibility index (Phi) is 3.54. The number of hydrogen-bond acceptors (Lipinski definition) is 2. The Morgan fingerprint density at radius 2 is 1.72 bits per heavy atom. The highest BCUT2D eigenvalue weighted by Crippen LogP contribution is 2.18. The molecule has 0 spiro atoms. The van der Waals surface area contributed by atoms with Crippen LogP contribution in [0.1, 0.15) is 16.7 Å². The predicted octanol–water partition coefficient (Wildman–Crippen LogP) is 2.99. The molecule has 2 N–H and O–H groups in total. The van der Waals surface area contributed by atoms with Crippen LogP contribution in [-0.2, 0) is 0 Å². The molecule has 2 nitrogen and oxygen atoms in total. The Bertz CT molecular complexity index is 603. The summed E-state index contributed by atoms with van der Waals surface area (Å²) in [6.07, 6.45) is 0. The topological polar surface area (TPSA) is 35.2 Å². The fourth-order valence-electron chi connectivity index (χ4n) is 1.56. The number of methoxy groups -OCH3 is 1. The third-order valence-electron chi connectivity index (χ3n) is 2.65. The minimum Gasteiger partial charge on any atom is -0.497 e. The zero-order valence-electron chi connectivity index (χ0n) is 10.5. The summed E-state index contributed by atoms with van der Waals surface area (Å²) in [6, 6.07) is 13.6. The van der Waals surface area contributed by atoms with Gasteiger partial charge in [0.1, 0.15) is 5.75 Å². The van der Waals surface area contributed by atoms with E-state index in [1.165, 1.54) is 5.56 Å². The Labute approximate surface area is 107 Å². The summed E-state index contributed by atoms with van der Waals surface area (Å²) in [4.78, 5) is 0. The van der Waals surface area contributed by atoms with Crippen molar-refractivity contribution in [1.29, 1.82) is 0 Å². The van der Waals surface area contributed by atoms with E-state index in [0.717, 1.165) is 16.9 Å². The second-order valence-electron chi connectivity index (χ2n) is 4.07. The molecule has 2 aromatic rings. The van der Waals surface area contributed by atoms with Crippen LogP contribution in [-0.4, -0.2) is 7.11 Å². The van der Waals surface area contributed by atoms with Crippen molar-refractivity contribution in [2.75, 3.05) is 12.8 Å². The predicted molar refractivity (Wildman–Crippen MR) is 74.6 cm³/mol. The molecule has 0 aliphatic heterocycles. The van der Waals surface area contributed by atoms with Crippen LogP contribution < -0.4 is 10.5 Å². The van der Waals surface area contributed by atoms with E-state index < -0.39 is 0 Å². The summed E-state index contributed by atoms with van der Waals surface area (Å²) in [6.45, 7) is 2.05. The maximum atomic E-state index is 5.90. The van der Waals surface area contributed by atoms with Crippen LogP contribution in [0.4, 0.5) is 5.69 Å². The third kappa shape index (κ3) is 2.83. The van der Waals surface area contributed by atoms with Crippen LogP contribution in [0.2, 0.25) is 0 Å². The molecule has 0 aliphatic carbocycles. The highest BCUT2D eigenvalue weighted by Gasteiger charge is 1.97. The van der Waals surface area contributed by atoms with Gasteiger partial charge in [-0.05, 0) is 31.2 Å². The molecule has 2 aromatic carbocycles. The number of rotatable bonds is 1. The van der Waals surface area contributed by atoms with Crippen molar-refractivity contribution in [3.05, 3.63) is 59.2 Å². The molecule has 0 unspecified atom stereocenters. The van der Waals surface area contributed by atoms with Gasteiger partial charge in [0.15, 0.2) is 0 Å². The average molecular weight is 237 g/mol. The fraction of sp³-hybridized carbons (Fsp3) is 0.125. The van der Waals surface area contributed by atoms with E-state index in [1.54, 1.807) is 13.2 Å². The quantitative estimate of drug-likeness (QED) is 0.611.